The lowest BCUT2D eigenvalue weighted by atomic mass is 10.0. The lowest BCUT2D eigenvalue weighted by molar-refractivity contribution is 0.482. The summed E-state index contributed by atoms with van der Waals surface area (Å²) in [6.45, 7) is 3.74. The van der Waals surface area contributed by atoms with E-state index in [-0.39, 0.29) is 6.04 Å². The molecule has 1 aromatic rings. The standard InChI is InChI=1S/C14H21IN2/c1-2-3-4-5-6-11-14(17-16)12-9-7-8-10-13(12)15/h2,7-10,14,17H,1,3-6,11,16H2. The Balaban J connectivity index is 2.43. The average molecular weight is 344 g/mol. The molecule has 0 aliphatic rings. The SMILES string of the molecule is C=CCCCCCC(NN)c1ccccc1I. The van der Waals surface area contributed by atoms with Crippen molar-refractivity contribution in [3.63, 3.8) is 0 Å². The number of nitrogens with two attached hydrogens (primary N) is 1. The Labute approximate surface area is 118 Å². The van der Waals surface area contributed by atoms with Crippen LogP contribution in [0.15, 0.2) is 36.9 Å². The van der Waals surface area contributed by atoms with E-state index in [2.05, 4.69) is 58.9 Å². The monoisotopic (exact) mass is 344 g/mol. The van der Waals surface area contributed by atoms with Crippen LogP contribution in [0.3, 0.4) is 0 Å². The van der Waals surface area contributed by atoms with Gasteiger partial charge in [-0.3, -0.25) is 11.3 Å². The Kier molecular flexibility index (Phi) is 7.48. The predicted octanol–water partition coefficient (Wildman–Crippen LogP) is 3.93. The van der Waals surface area contributed by atoms with E-state index in [0.717, 1.165) is 12.8 Å². The molecular weight excluding hydrogens is 323 g/mol. The molecule has 0 saturated heterocycles. The first-order chi connectivity index (χ1) is 8.29. The second-order valence-corrected chi connectivity index (χ2v) is 5.33. The summed E-state index contributed by atoms with van der Waals surface area (Å²) in [5, 5.41) is 0. The molecule has 0 heterocycles. The molecule has 1 rings (SSSR count). The van der Waals surface area contributed by atoms with Gasteiger partial charge in [0.05, 0.1) is 0 Å². The summed E-state index contributed by atoms with van der Waals surface area (Å²) < 4.78 is 1.28. The Hall–Kier alpha value is -0.390. The molecule has 0 radical (unpaired) electrons. The van der Waals surface area contributed by atoms with Crippen LogP contribution < -0.4 is 11.3 Å². The van der Waals surface area contributed by atoms with Crippen molar-refractivity contribution in [2.75, 3.05) is 0 Å². The van der Waals surface area contributed by atoms with Gasteiger partial charge in [-0.15, -0.1) is 6.58 Å². The van der Waals surface area contributed by atoms with Crippen molar-refractivity contribution in [2.45, 2.75) is 38.1 Å². The summed E-state index contributed by atoms with van der Waals surface area (Å²) in [5.74, 6) is 5.65. The molecule has 0 amide bonds. The largest absolute Gasteiger partial charge is 0.271 e. The van der Waals surface area contributed by atoms with E-state index < -0.39 is 0 Å². The number of unbranched alkanes of at least 4 members (excludes halogenated alkanes) is 3. The molecule has 0 aliphatic heterocycles. The van der Waals surface area contributed by atoms with E-state index in [1.54, 1.807) is 0 Å². The Morgan fingerprint density at radius 3 is 2.71 bits per heavy atom. The Bertz CT molecular complexity index is 339. The molecule has 1 aromatic carbocycles. The van der Waals surface area contributed by atoms with E-state index in [9.17, 15) is 0 Å². The van der Waals surface area contributed by atoms with Gasteiger partial charge < -0.3 is 0 Å². The molecule has 1 unspecified atom stereocenters. The van der Waals surface area contributed by atoms with Crippen LogP contribution >= 0.6 is 22.6 Å². The van der Waals surface area contributed by atoms with Gasteiger partial charge in [-0.1, -0.05) is 37.1 Å². The van der Waals surface area contributed by atoms with Crippen molar-refractivity contribution in [3.05, 3.63) is 46.1 Å². The minimum absolute atomic E-state index is 0.270. The highest BCUT2D eigenvalue weighted by Crippen LogP contribution is 2.23. The maximum atomic E-state index is 5.65. The zero-order valence-corrected chi connectivity index (χ0v) is 12.3. The summed E-state index contributed by atoms with van der Waals surface area (Å²) in [4.78, 5) is 0. The van der Waals surface area contributed by atoms with Gasteiger partial charge in [0.15, 0.2) is 0 Å². The van der Waals surface area contributed by atoms with Crippen LogP contribution in [-0.2, 0) is 0 Å². The maximum absolute atomic E-state index is 5.65. The Morgan fingerprint density at radius 2 is 2.06 bits per heavy atom. The first-order valence-corrected chi connectivity index (χ1v) is 7.19. The topological polar surface area (TPSA) is 38.0 Å². The molecule has 0 fully saturated rings. The van der Waals surface area contributed by atoms with Crippen LogP contribution in [0.1, 0.15) is 43.7 Å². The van der Waals surface area contributed by atoms with E-state index in [1.165, 1.54) is 28.4 Å². The van der Waals surface area contributed by atoms with Crippen LogP contribution in [0, 0.1) is 3.57 Å². The van der Waals surface area contributed by atoms with E-state index >= 15 is 0 Å². The van der Waals surface area contributed by atoms with Gasteiger partial charge in [0.2, 0.25) is 0 Å². The number of rotatable bonds is 8. The molecule has 0 aliphatic carbocycles. The molecule has 3 N–H and O–H groups in total. The second kappa shape index (κ2) is 8.66. The molecule has 17 heavy (non-hydrogen) atoms. The summed E-state index contributed by atoms with van der Waals surface area (Å²) in [5.41, 5.74) is 4.23. The van der Waals surface area contributed by atoms with Crippen LogP contribution in [-0.4, -0.2) is 0 Å². The lowest BCUT2D eigenvalue weighted by Crippen LogP contribution is -2.28. The summed E-state index contributed by atoms with van der Waals surface area (Å²) in [7, 11) is 0. The van der Waals surface area contributed by atoms with Gasteiger partial charge in [0.25, 0.3) is 0 Å². The van der Waals surface area contributed by atoms with E-state index in [4.69, 9.17) is 5.84 Å². The van der Waals surface area contributed by atoms with Crippen molar-refractivity contribution in [1.82, 2.24) is 5.43 Å². The quantitative estimate of drug-likeness (QED) is 0.247. The van der Waals surface area contributed by atoms with Gasteiger partial charge in [-0.25, -0.2) is 0 Å². The first-order valence-electron chi connectivity index (χ1n) is 6.11. The van der Waals surface area contributed by atoms with Gasteiger partial charge in [0.1, 0.15) is 0 Å². The molecule has 1 atom stereocenters. The fourth-order valence-corrected chi connectivity index (χ4v) is 2.66. The highest BCUT2D eigenvalue weighted by molar-refractivity contribution is 14.1. The Morgan fingerprint density at radius 1 is 1.29 bits per heavy atom. The smallest absolute Gasteiger partial charge is 0.0470 e. The fraction of sp³-hybridized carbons (Fsp3) is 0.429. The first kappa shape index (κ1) is 14.7. The fourth-order valence-electron chi connectivity index (χ4n) is 1.90. The van der Waals surface area contributed by atoms with Crippen LogP contribution in [0.25, 0.3) is 0 Å². The van der Waals surface area contributed by atoms with E-state index in [0.29, 0.717) is 0 Å². The van der Waals surface area contributed by atoms with Crippen molar-refractivity contribution < 1.29 is 0 Å². The van der Waals surface area contributed by atoms with Crippen molar-refractivity contribution >= 4 is 22.6 Å². The second-order valence-electron chi connectivity index (χ2n) is 4.17. The van der Waals surface area contributed by atoms with E-state index in [1.807, 2.05) is 6.08 Å². The number of benzene rings is 1. The van der Waals surface area contributed by atoms with Crippen LogP contribution in [0.5, 0.6) is 0 Å². The number of hydrogen-bond acceptors (Lipinski definition) is 2. The highest BCUT2D eigenvalue weighted by atomic mass is 127. The summed E-state index contributed by atoms with van der Waals surface area (Å²) >= 11 is 2.36. The maximum Gasteiger partial charge on any atom is 0.0470 e. The minimum Gasteiger partial charge on any atom is -0.271 e. The molecule has 3 heteroatoms. The minimum atomic E-state index is 0.270. The molecule has 0 spiro atoms. The van der Waals surface area contributed by atoms with Crippen LogP contribution in [0.2, 0.25) is 0 Å². The van der Waals surface area contributed by atoms with Crippen molar-refractivity contribution in [3.8, 4) is 0 Å². The number of hydrazine groups is 1. The molecule has 0 aromatic heterocycles. The molecular formula is C14H21IN2. The van der Waals surface area contributed by atoms with Gasteiger partial charge in [-0.05, 0) is 53.5 Å². The third-order valence-electron chi connectivity index (χ3n) is 2.88. The number of hydrogen-bond donors (Lipinski definition) is 2. The summed E-state index contributed by atoms with van der Waals surface area (Å²) in [6.07, 6.45) is 7.87. The van der Waals surface area contributed by atoms with Gasteiger partial charge in [0, 0.05) is 9.61 Å². The normalized spacial score (nSPS) is 12.4. The van der Waals surface area contributed by atoms with Gasteiger partial charge in [-0.2, -0.15) is 0 Å². The number of nitrogens with one attached hydrogen (secondary N) is 1. The highest BCUT2D eigenvalue weighted by Gasteiger charge is 2.11. The average Bonchev–Trinajstić information content (AvgIpc) is 2.35. The third-order valence-corrected chi connectivity index (χ3v) is 3.87. The number of allylic oxidation sites excluding steroid dienone is 1. The van der Waals surface area contributed by atoms with Crippen molar-refractivity contribution in [1.29, 1.82) is 0 Å². The third kappa shape index (κ3) is 5.19. The lowest BCUT2D eigenvalue weighted by Gasteiger charge is -2.17. The van der Waals surface area contributed by atoms with Crippen LogP contribution in [0.4, 0.5) is 0 Å². The molecule has 0 bridgehead atoms. The predicted molar refractivity (Wildman–Crippen MR) is 82.5 cm³/mol. The van der Waals surface area contributed by atoms with Crippen molar-refractivity contribution in [2.24, 2.45) is 5.84 Å². The molecule has 2 nitrogen and oxygen atoms in total. The molecule has 0 saturated carbocycles. The zero-order valence-electron chi connectivity index (χ0n) is 10.2. The zero-order chi connectivity index (χ0) is 12.5. The van der Waals surface area contributed by atoms with Gasteiger partial charge >= 0.3 is 0 Å². The summed E-state index contributed by atoms with van der Waals surface area (Å²) in [6, 6.07) is 8.67. The molecule has 94 valence electrons. The number of halogens is 1.